The third-order valence-corrected chi connectivity index (χ3v) is 8.95. The Bertz CT molecular complexity index is 2110. The first-order valence-electron chi connectivity index (χ1n) is 13.6. The molecule has 40 heavy (non-hydrogen) atoms. The molecule has 0 saturated carbocycles. The predicted molar refractivity (Wildman–Crippen MR) is 163 cm³/mol. The second-order valence-electron chi connectivity index (χ2n) is 10.6. The largest absolute Gasteiger partial charge is 0.457 e. The summed E-state index contributed by atoms with van der Waals surface area (Å²) in [4.78, 5) is 0. The van der Waals surface area contributed by atoms with Crippen LogP contribution in [0.15, 0.2) is 133 Å². The summed E-state index contributed by atoms with van der Waals surface area (Å²) in [5, 5.41) is 3.06. The maximum absolute atomic E-state index is 6.77. The lowest BCUT2D eigenvalue weighted by atomic mass is 9.66. The van der Waals surface area contributed by atoms with E-state index in [0.717, 1.165) is 38.8 Å². The van der Waals surface area contributed by atoms with E-state index in [1.807, 2.05) is 12.1 Å². The van der Waals surface area contributed by atoms with E-state index in [4.69, 9.17) is 16.3 Å². The van der Waals surface area contributed by atoms with E-state index in [-0.39, 0.29) is 0 Å². The van der Waals surface area contributed by atoms with Gasteiger partial charge in [-0.3, -0.25) is 0 Å². The lowest BCUT2D eigenvalue weighted by Gasteiger charge is -2.39. The van der Waals surface area contributed by atoms with Gasteiger partial charge in [0.15, 0.2) is 0 Å². The highest BCUT2D eigenvalue weighted by Crippen LogP contribution is 2.62. The minimum absolute atomic E-state index is 0.487. The second-order valence-corrected chi connectivity index (χ2v) is 11.1. The van der Waals surface area contributed by atoms with E-state index >= 15 is 0 Å². The van der Waals surface area contributed by atoms with Crippen LogP contribution in [0.25, 0.3) is 38.6 Å². The first-order valence-corrected chi connectivity index (χ1v) is 13.9. The molecule has 6 aromatic carbocycles. The summed E-state index contributed by atoms with van der Waals surface area (Å²) in [7, 11) is 0. The van der Waals surface area contributed by atoms with Crippen molar-refractivity contribution in [2.45, 2.75) is 5.41 Å². The van der Waals surface area contributed by atoms with Crippen LogP contribution < -0.4 is 4.74 Å². The van der Waals surface area contributed by atoms with Gasteiger partial charge in [-0.25, -0.2) is 0 Å². The fourth-order valence-electron chi connectivity index (χ4n) is 7.19. The van der Waals surface area contributed by atoms with Gasteiger partial charge in [-0.1, -0.05) is 103 Å². The molecule has 0 saturated heterocycles. The van der Waals surface area contributed by atoms with Crippen molar-refractivity contribution in [1.29, 1.82) is 0 Å². The Kier molecular flexibility index (Phi) is 4.35. The Labute approximate surface area is 236 Å². The molecule has 1 aromatic heterocycles. The molecule has 1 aliphatic carbocycles. The first kappa shape index (κ1) is 22.1. The quantitative estimate of drug-likeness (QED) is 0.205. The van der Waals surface area contributed by atoms with E-state index < -0.39 is 5.41 Å². The summed E-state index contributed by atoms with van der Waals surface area (Å²) in [5.41, 5.74) is 10.3. The van der Waals surface area contributed by atoms with Gasteiger partial charge < -0.3 is 9.30 Å². The van der Waals surface area contributed by atoms with Crippen molar-refractivity contribution in [2.24, 2.45) is 0 Å². The number of hydrogen-bond acceptors (Lipinski definition) is 1. The smallest absolute Gasteiger partial charge is 0.134 e. The van der Waals surface area contributed by atoms with Crippen LogP contribution in [-0.2, 0) is 5.41 Å². The molecule has 0 amide bonds. The number of aromatic nitrogens is 1. The lowest BCUT2D eigenvalue weighted by molar-refractivity contribution is 0.437. The molecule has 0 fully saturated rings. The Morgan fingerprint density at radius 1 is 0.500 bits per heavy atom. The van der Waals surface area contributed by atoms with Crippen molar-refractivity contribution in [3.63, 3.8) is 0 Å². The Morgan fingerprint density at radius 3 is 1.88 bits per heavy atom. The van der Waals surface area contributed by atoms with Crippen LogP contribution in [0.2, 0.25) is 5.02 Å². The van der Waals surface area contributed by atoms with Crippen LogP contribution in [0.5, 0.6) is 11.5 Å². The topological polar surface area (TPSA) is 14.2 Å². The molecule has 0 unspecified atom stereocenters. The maximum Gasteiger partial charge on any atom is 0.134 e. The highest BCUT2D eigenvalue weighted by molar-refractivity contribution is 6.31. The molecule has 0 bridgehead atoms. The fraction of sp³-hybridized carbons (Fsp3) is 0.0270. The van der Waals surface area contributed by atoms with Gasteiger partial charge in [-0.05, 0) is 58.7 Å². The molecule has 0 radical (unpaired) electrons. The molecule has 1 aliphatic heterocycles. The number of halogens is 1. The number of benzene rings is 6. The second kappa shape index (κ2) is 7.88. The van der Waals surface area contributed by atoms with Crippen molar-refractivity contribution in [3.05, 3.63) is 161 Å². The zero-order valence-electron chi connectivity index (χ0n) is 21.4. The summed E-state index contributed by atoms with van der Waals surface area (Å²) in [6.45, 7) is 0. The van der Waals surface area contributed by atoms with Crippen molar-refractivity contribution in [1.82, 2.24) is 4.57 Å². The standard InChI is InChI=1S/C37H22ClNO/c38-23-18-19-27-28-21-32-36(22-34(28)39(33(27)20-23)24-10-2-1-3-11-24)40-35-17-9-8-16-31(35)37(32)29-14-6-4-12-25(29)26-13-5-7-15-30(26)37/h1-22H. The molecule has 188 valence electrons. The molecule has 2 heterocycles. The van der Waals surface area contributed by atoms with Crippen molar-refractivity contribution in [2.75, 3.05) is 0 Å². The fourth-order valence-corrected chi connectivity index (χ4v) is 7.36. The molecular formula is C37H22ClNO. The lowest BCUT2D eigenvalue weighted by Crippen LogP contribution is -2.32. The van der Waals surface area contributed by atoms with Gasteiger partial charge in [-0.15, -0.1) is 0 Å². The average molecular weight is 532 g/mol. The normalized spacial score (nSPS) is 14.0. The van der Waals surface area contributed by atoms with Crippen molar-refractivity contribution in [3.8, 4) is 28.3 Å². The zero-order chi connectivity index (χ0) is 26.4. The Hall–Kier alpha value is -4.79. The van der Waals surface area contributed by atoms with Gasteiger partial charge in [0, 0.05) is 38.7 Å². The number of fused-ring (bicyclic) bond motifs is 12. The average Bonchev–Trinajstić information content (AvgIpc) is 3.47. The highest BCUT2D eigenvalue weighted by atomic mass is 35.5. The number of rotatable bonds is 1. The minimum Gasteiger partial charge on any atom is -0.457 e. The van der Waals surface area contributed by atoms with Gasteiger partial charge in [0.25, 0.3) is 0 Å². The Balaban J connectivity index is 1.48. The predicted octanol–water partition coefficient (Wildman–Crippen LogP) is 9.91. The van der Waals surface area contributed by atoms with E-state index in [1.54, 1.807) is 0 Å². The summed E-state index contributed by atoms with van der Waals surface area (Å²) >= 11 is 6.57. The summed E-state index contributed by atoms with van der Waals surface area (Å²) in [6.07, 6.45) is 0. The minimum atomic E-state index is -0.487. The molecule has 9 rings (SSSR count). The van der Waals surface area contributed by atoms with E-state index in [9.17, 15) is 0 Å². The zero-order valence-corrected chi connectivity index (χ0v) is 22.2. The molecule has 0 atom stereocenters. The molecule has 3 heteroatoms. The van der Waals surface area contributed by atoms with Crippen LogP contribution in [0.3, 0.4) is 0 Å². The third kappa shape index (κ3) is 2.69. The van der Waals surface area contributed by atoms with Gasteiger partial charge in [0.05, 0.1) is 16.4 Å². The monoisotopic (exact) mass is 531 g/mol. The molecule has 1 spiro atoms. The van der Waals surface area contributed by atoms with Gasteiger partial charge in [-0.2, -0.15) is 0 Å². The molecule has 0 N–H and O–H groups in total. The van der Waals surface area contributed by atoms with Crippen LogP contribution in [0.1, 0.15) is 22.3 Å². The van der Waals surface area contributed by atoms with E-state index in [0.29, 0.717) is 0 Å². The summed E-state index contributed by atoms with van der Waals surface area (Å²) in [6, 6.07) is 47.5. The number of para-hydroxylation sites is 2. The van der Waals surface area contributed by atoms with E-state index in [1.165, 1.54) is 38.6 Å². The summed E-state index contributed by atoms with van der Waals surface area (Å²) < 4.78 is 9.07. The molecule has 7 aromatic rings. The van der Waals surface area contributed by atoms with Crippen molar-refractivity contribution < 1.29 is 4.74 Å². The van der Waals surface area contributed by atoms with Gasteiger partial charge in [0.2, 0.25) is 0 Å². The Morgan fingerprint density at radius 2 is 1.12 bits per heavy atom. The van der Waals surface area contributed by atoms with Gasteiger partial charge >= 0.3 is 0 Å². The number of hydrogen-bond donors (Lipinski definition) is 0. The van der Waals surface area contributed by atoms with Crippen LogP contribution in [0.4, 0.5) is 0 Å². The third-order valence-electron chi connectivity index (χ3n) is 8.71. The van der Waals surface area contributed by atoms with Crippen LogP contribution in [0, 0.1) is 0 Å². The molecule has 2 nitrogen and oxygen atoms in total. The first-order chi connectivity index (χ1) is 19.7. The van der Waals surface area contributed by atoms with Gasteiger partial charge in [0.1, 0.15) is 11.5 Å². The van der Waals surface area contributed by atoms with Crippen LogP contribution in [-0.4, -0.2) is 4.57 Å². The molecule has 2 aliphatic rings. The van der Waals surface area contributed by atoms with E-state index in [2.05, 4.69) is 126 Å². The van der Waals surface area contributed by atoms with Crippen LogP contribution >= 0.6 is 11.6 Å². The molecular weight excluding hydrogens is 510 g/mol. The van der Waals surface area contributed by atoms with Crippen molar-refractivity contribution >= 4 is 33.4 Å². The highest BCUT2D eigenvalue weighted by Gasteiger charge is 2.51. The SMILES string of the molecule is Clc1ccc2c3cc4c(cc3n(-c3ccccc3)c2c1)Oc1ccccc1C41c2ccccc2-c2ccccc21. The number of nitrogens with zero attached hydrogens (tertiary/aromatic N) is 1. The maximum atomic E-state index is 6.77. The summed E-state index contributed by atoms with van der Waals surface area (Å²) in [5.74, 6) is 1.77. The number of ether oxygens (including phenoxy) is 1.